The zero-order valence-corrected chi connectivity index (χ0v) is 16.8. The lowest BCUT2D eigenvalue weighted by Crippen LogP contribution is -2.51. The molecule has 1 aromatic heterocycles. The molecule has 1 atom stereocenters. The number of hydrogen-bond acceptors (Lipinski definition) is 3. The molecular weight excluding hydrogens is 344 g/mol. The minimum Gasteiger partial charge on any atom is -0.369 e. The number of piperazine rings is 1. The first-order chi connectivity index (χ1) is 13.8. The molecule has 4 nitrogen and oxygen atoms in total. The zero-order valence-electron chi connectivity index (χ0n) is 16.8. The summed E-state index contributed by atoms with van der Waals surface area (Å²) in [5.74, 6) is 0.666. The van der Waals surface area contributed by atoms with Crippen LogP contribution in [-0.2, 0) is 13.0 Å². The van der Waals surface area contributed by atoms with Gasteiger partial charge in [0.15, 0.2) is 0 Å². The minimum absolute atomic E-state index is 0.497. The molecule has 4 heteroatoms. The third-order valence-electron chi connectivity index (χ3n) is 6.50. The van der Waals surface area contributed by atoms with Crippen LogP contribution >= 0.6 is 0 Å². The van der Waals surface area contributed by atoms with Crippen LogP contribution < -0.4 is 10.2 Å². The summed E-state index contributed by atoms with van der Waals surface area (Å²) in [6.07, 6.45) is 5.03. The van der Waals surface area contributed by atoms with Crippen LogP contribution in [0.25, 0.3) is 10.9 Å². The second kappa shape index (κ2) is 7.59. The van der Waals surface area contributed by atoms with E-state index in [4.69, 9.17) is 5.10 Å². The molecule has 28 heavy (non-hydrogen) atoms. The molecule has 2 aromatic carbocycles. The van der Waals surface area contributed by atoms with Gasteiger partial charge in [0, 0.05) is 49.2 Å². The maximum atomic E-state index is 4.97. The van der Waals surface area contributed by atoms with Gasteiger partial charge in [-0.15, -0.1) is 0 Å². The minimum atomic E-state index is 0.497. The summed E-state index contributed by atoms with van der Waals surface area (Å²) < 4.78 is 2.18. The van der Waals surface area contributed by atoms with Crippen LogP contribution in [0.4, 0.5) is 5.69 Å². The number of hydrogen-bond donors (Lipinski definition) is 1. The predicted molar refractivity (Wildman–Crippen MR) is 116 cm³/mol. The van der Waals surface area contributed by atoms with Crippen LogP contribution in [0.1, 0.15) is 43.4 Å². The quantitative estimate of drug-likeness (QED) is 0.721. The molecule has 1 aliphatic heterocycles. The van der Waals surface area contributed by atoms with Crippen molar-refractivity contribution in [3.8, 4) is 0 Å². The van der Waals surface area contributed by atoms with Gasteiger partial charge < -0.3 is 10.2 Å². The monoisotopic (exact) mass is 374 g/mol. The van der Waals surface area contributed by atoms with Crippen molar-refractivity contribution < 1.29 is 0 Å². The van der Waals surface area contributed by atoms with Gasteiger partial charge >= 0.3 is 0 Å². The summed E-state index contributed by atoms with van der Waals surface area (Å²) in [6.45, 7) is 6.29. The smallest absolute Gasteiger partial charge is 0.0734 e. The molecule has 0 spiro atoms. The Morgan fingerprint density at radius 3 is 2.71 bits per heavy atom. The van der Waals surface area contributed by atoms with Crippen LogP contribution in [0.15, 0.2) is 48.5 Å². The van der Waals surface area contributed by atoms with Crippen molar-refractivity contribution in [1.82, 2.24) is 15.1 Å². The maximum absolute atomic E-state index is 4.97. The number of aryl methyl sites for hydroxylation is 1. The molecule has 1 saturated carbocycles. The highest BCUT2D eigenvalue weighted by molar-refractivity contribution is 5.86. The molecule has 3 aromatic rings. The Morgan fingerprint density at radius 1 is 1.11 bits per heavy atom. The first-order valence-electron chi connectivity index (χ1n) is 10.8. The fourth-order valence-electron chi connectivity index (χ4n) is 4.71. The molecule has 1 N–H and O–H groups in total. The van der Waals surface area contributed by atoms with Crippen molar-refractivity contribution in [2.45, 2.75) is 51.1 Å². The van der Waals surface area contributed by atoms with Crippen molar-refractivity contribution in [3.63, 3.8) is 0 Å². The number of anilines is 1. The highest BCUT2D eigenvalue weighted by atomic mass is 15.3. The van der Waals surface area contributed by atoms with Gasteiger partial charge in [-0.25, -0.2) is 0 Å². The van der Waals surface area contributed by atoms with E-state index in [0.717, 1.165) is 32.6 Å². The van der Waals surface area contributed by atoms with E-state index >= 15 is 0 Å². The lowest BCUT2D eigenvalue weighted by molar-refractivity contribution is 0.408. The lowest BCUT2D eigenvalue weighted by Gasteiger charge is -2.35. The molecule has 0 amide bonds. The third-order valence-corrected chi connectivity index (χ3v) is 6.50. The summed E-state index contributed by atoms with van der Waals surface area (Å²) in [6, 6.07) is 18.3. The predicted octanol–water partition coefficient (Wildman–Crippen LogP) is 4.34. The van der Waals surface area contributed by atoms with Gasteiger partial charge in [0.05, 0.1) is 11.2 Å². The van der Waals surface area contributed by atoms with E-state index in [0.29, 0.717) is 12.0 Å². The fraction of sp³-hybridized carbons (Fsp3) is 0.458. The van der Waals surface area contributed by atoms with Crippen LogP contribution in [0.2, 0.25) is 0 Å². The Bertz CT molecular complexity index is 942. The van der Waals surface area contributed by atoms with E-state index in [1.165, 1.54) is 47.1 Å². The average molecular weight is 375 g/mol. The van der Waals surface area contributed by atoms with Gasteiger partial charge in [-0.3, -0.25) is 4.68 Å². The Hall–Kier alpha value is -2.33. The van der Waals surface area contributed by atoms with Crippen molar-refractivity contribution in [2.75, 3.05) is 24.5 Å². The number of nitrogens with zero attached hydrogens (tertiary/aromatic N) is 3. The van der Waals surface area contributed by atoms with Crippen LogP contribution in [0, 0.1) is 0 Å². The molecular formula is C24H30N4. The van der Waals surface area contributed by atoms with E-state index in [9.17, 15) is 0 Å². The molecule has 1 saturated heterocycles. The van der Waals surface area contributed by atoms with E-state index in [1.54, 1.807) is 0 Å². The Kier molecular flexibility index (Phi) is 4.81. The van der Waals surface area contributed by atoms with E-state index in [1.807, 2.05) is 0 Å². The van der Waals surface area contributed by atoms with Gasteiger partial charge in [0.25, 0.3) is 0 Å². The molecule has 1 aliphatic carbocycles. The molecule has 1 unspecified atom stereocenters. The van der Waals surface area contributed by atoms with Gasteiger partial charge in [-0.2, -0.15) is 5.10 Å². The number of fused-ring (bicyclic) bond motifs is 1. The van der Waals surface area contributed by atoms with Crippen LogP contribution in [0.3, 0.4) is 0 Å². The van der Waals surface area contributed by atoms with Crippen molar-refractivity contribution >= 4 is 16.6 Å². The summed E-state index contributed by atoms with van der Waals surface area (Å²) in [5, 5.41) is 10.1. The molecule has 2 aliphatic rings. The molecule has 5 rings (SSSR count). The molecule has 0 bridgehead atoms. The van der Waals surface area contributed by atoms with E-state index in [-0.39, 0.29) is 0 Å². The maximum Gasteiger partial charge on any atom is 0.0734 e. The van der Waals surface area contributed by atoms with Crippen molar-refractivity contribution in [1.29, 1.82) is 0 Å². The van der Waals surface area contributed by atoms with Gasteiger partial charge in [0.2, 0.25) is 0 Å². The van der Waals surface area contributed by atoms with E-state index < -0.39 is 0 Å². The van der Waals surface area contributed by atoms with E-state index in [2.05, 4.69) is 70.4 Å². The summed E-state index contributed by atoms with van der Waals surface area (Å²) >= 11 is 0. The summed E-state index contributed by atoms with van der Waals surface area (Å²) in [7, 11) is 0. The number of aromatic nitrogens is 2. The second-order valence-corrected chi connectivity index (χ2v) is 8.32. The Balaban J connectivity index is 1.40. The molecule has 0 radical (unpaired) electrons. The first kappa shape index (κ1) is 17.7. The SMILES string of the molecule is CCn1nc(C2CCC2)c2cc(N3CCNC(Cc4ccccc4)C3)ccc21. The average Bonchev–Trinajstić information content (AvgIpc) is 3.05. The zero-order chi connectivity index (χ0) is 18.9. The highest BCUT2D eigenvalue weighted by Crippen LogP contribution is 2.40. The van der Waals surface area contributed by atoms with Crippen LogP contribution in [-0.4, -0.2) is 35.5 Å². The third kappa shape index (κ3) is 3.30. The molecule has 146 valence electrons. The number of nitrogens with one attached hydrogen (secondary N) is 1. The highest BCUT2D eigenvalue weighted by Gasteiger charge is 2.26. The summed E-state index contributed by atoms with van der Waals surface area (Å²) in [5.41, 5.74) is 5.39. The van der Waals surface area contributed by atoms with Crippen molar-refractivity contribution in [2.24, 2.45) is 0 Å². The largest absolute Gasteiger partial charge is 0.369 e. The number of rotatable bonds is 5. The number of benzene rings is 2. The second-order valence-electron chi connectivity index (χ2n) is 8.32. The Morgan fingerprint density at radius 2 is 1.96 bits per heavy atom. The fourth-order valence-corrected chi connectivity index (χ4v) is 4.71. The lowest BCUT2D eigenvalue weighted by atomic mass is 9.82. The van der Waals surface area contributed by atoms with Gasteiger partial charge in [0.1, 0.15) is 0 Å². The normalized spacial score (nSPS) is 20.5. The Labute approximate surface area is 167 Å². The van der Waals surface area contributed by atoms with Crippen molar-refractivity contribution in [3.05, 3.63) is 59.8 Å². The molecule has 2 fully saturated rings. The van der Waals surface area contributed by atoms with Gasteiger partial charge in [-0.1, -0.05) is 36.8 Å². The standard InChI is InChI=1S/C24H30N4/c1-2-28-23-12-11-21(16-22(23)24(26-28)19-9-6-10-19)27-14-13-25-20(17-27)15-18-7-4-3-5-8-18/h3-5,7-8,11-12,16,19-20,25H,2,6,9-10,13-15,17H2,1H3. The summed E-state index contributed by atoms with van der Waals surface area (Å²) in [4.78, 5) is 2.55. The van der Waals surface area contributed by atoms with Gasteiger partial charge in [-0.05, 0) is 49.9 Å². The topological polar surface area (TPSA) is 33.1 Å². The first-order valence-corrected chi connectivity index (χ1v) is 10.8. The molecule has 2 heterocycles. The van der Waals surface area contributed by atoms with Crippen LogP contribution in [0.5, 0.6) is 0 Å².